The molecule has 0 radical (unpaired) electrons. The summed E-state index contributed by atoms with van der Waals surface area (Å²) in [6.07, 6.45) is 3.17. The zero-order valence-corrected chi connectivity index (χ0v) is 12.3. The first-order valence-corrected chi connectivity index (χ1v) is 7.92. The minimum absolute atomic E-state index is 0.0267. The zero-order chi connectivity index (χ0) is 14.3. The van der Waals surface area contributed by atoms with Crippen molar-refractivity contribution < 1.29 is 8.42 Å². The smallest absolute Gasteiger partial charge is 0.263 e. The van der Waals surface area contributed by atoms with Gasteiger partial charge >= 0.3 is 0 Å². The monoisotopic (exact) mass is 309 g/mol. The van der Waals surface area contributed by atoms with Crippen LogP contribution in [0.1, 0.15) is 12.5 Å². The first-order chi connectivity index (χ1) is 9.50. The highest BCUT2D eigenvalue weighted by Gasteiger charge is 2.36. The summed E-state index contributed by atoms with van der Waals surface area (Å²) in [6.45, 7) is 1.88. The third-order valence-electron chi connectivity index (χ3n) is 3.30. The molecule has 5 nitrogen and oxygen atoms in total. The molecule has 2 aromatic rings. The molecule has 1 aromatic carbocycles. The van der Waals surface area contributed by atoms with Crippen molar-refractivity contribution in [2.24, 2.45) is 0 Å². The largest absolute Gasteiger partial charge is 0.267 e. The van der Waals surface area contributed by atoms with Gasteiger partial charge in [0.25, 0.3) is 10.0 Å². The summed E-state index contributed by atoms with van der Waals surface area (Å²) in [4.78, 5) is 7.54. The topological polar surface area (TPSA) is 63.2 Å². The minimum atomic E-state index is -3.67. The van der Waals surface area contributed by atoms with Crippen molar-refractivity contribution in [1.29, 1.82) is 0 Å². The number of nitrogens with zero attached hydrogens (tertiary/aromatic N) is 3. The van der Waals surface area contributed by atoms with Crippen LogP contribution in [0.3, 0.4) is 0 Å². The maximum absolute atomic E-state index is 12.7. The lowest BCUT2D eigenvalue weighted by Crippen LogP contribution is -2.35. The van der Waals surface area contributed by atoms with Gasteiger partial charge in [-0.3, -0.25) is 4.31 Å². The lowest BCUT2D eigenvalue weighted by molar-refractivity contribution is 0.583. The van der Waals surface area contributed by atoms with Gasteiger partial charge in [0, 0.05) is 6.04 Å². The van der Waals surface area contributed by atoms with Crippen LogP contribution in [0.15, 0.2) is 41.6 Å². The van der Waals surface area contributed by atoms with Crippen molar-refractivity contribution in [2.75, 3.05) is 4.31 Å². The highest BCUT2D eigenvalue weighted by atomic mass is 35.5. The molecule has 0 bridgehead atoms. The van der Waals surface area contributed by atoms with Crippen molar-refractivity contribution in [3.05, 3.63) is 47.5 Å². The number of hydrogen-bond donors (Lipinski definition) is 0. The van der Waals surface area contributed by atoms with Gasteiger partial charge < -0.3 is 0 Å². The second kappa shape index (κ2) is 4.71. The Hall–Kier alpha value is -1.66. The number of anilines is 1. The Balaban J connectivity index is 2.10. The summed E-state index contributed by atoms with van der Waals surface area (Å²) < 4.78 is 26.9. The van der Waals surface area contributed by atoms with E-state index >= 15 is 0 Å². The fourth-order valence-electron chi connectivity index (χ4n) is 2.45. The highest BCUT2D eigenvalue weighted by Crippen LogP contribution is 2.36. The Morgan fingerprint density at radius 1 is 1.25 bits per heavy atom. The Labute approximate surface area is 122 Å². The van der Waals surface area contributed by atoms with Crippen LogP contribution in [-0.4, -0.2) is 24.4 Å². The lowest BCUT2D eigenvalue weighted by Gasteiger charge is -2.24. The molecule has 0 spiro atoms. The van der Waals surface area contributed by atoms with E-state index in [-0.39, 0.29) is 16.2 Å². The summed E-state index contributed by atoms with van der Waals surface area (Å²) in [5, 5.41) is 0.0267. The third kappa shape index (κ3) is 2.05. The molecule has 0 saturated heterocycles. The molecule has 7 heteroatoms. The quantitative estimate of drug-likeness (QED) is 0.798. The summed E-state index contributed by atoms with van der Waals surface area (Å²) in [5.74, 6) is 0. The summed E-state index contributed by atoms with van der Waals surface area (Å²) in [6, 6.07) is 7.37. The van der Waals surface area contributed by atoms with Crippen molar-refractivity contribution in [3.63, 3.8) is 0 Å². The van der Waals surface area contributed by atoms with E-state index in [1.54, 1.807) is 0 Å². The Kier molecular flexibility index (Phi) is 3.14. The van der Waals surface area contributed by atoms with Crippen LogP contribution in [0.5, 0.6) is 0 Å². The normalized spacial score (nSPS) is 18.1. The average molecular weight is 310 g/mol. The van der Waals surface area contributed by atoms with Crippen molar-refractivity contribution >= 4 is 27.3 Å². The number of fused-ring (bicyclic) bond motifs is 1. The molecule has 2 heterocycles. The fraction of sp³-hybridized carbons (Fsp3) is 0.231. The van der Waals surface area contributed by atoms with Crippen LogP contribution in [-0.2, 0) is 16.4 Å². The molecule has 1 aliphatic rings. The standard InChI is InChI=1S/C13H12ClN3O2S/c1-9-6-10-4-2-3-5-12(10)17(9)20(18,19)11-7-15-13(14)16-8-11/h2-5,7-9H,6H2,1H3. The maximum Gasteiger partial charge on any atom is 0.267 e. The van der Waals surface area contributed by atoms with Gasteiger partial charge in [0.15, 0.2) is 0 Å². The van der Waals surface area contributed by atoms with E-state index in [1.165, 1.54) is 16.7 Å². The fourth-order valence-corrected chi connectivity index (χ4v) is 4.13. The predicted molar refractivity (Wildman–Crippen MR) is 76.3 cm³/mol. The first kappa shape index (κ1) is 13.3. The van der Waals surface area contributed by atoms with Gasteiger partial charge in [-0.25, -0.2) is 18.4 Å². The summed E-state index contributed by atoms with van der Waals surface area (Å²) in [5.41, 5.74) is 1.74. The van der Waals surface area contributed by atoms with Crippen molar-refractivity contribution in [3.8, 4) is 0 Å². The second-order valence-corrected chi connectivity index (χ2v) is 6.82. The molecule has 1 atom stereocenters. The van der Waals surface area contributed by atoms with Gasteiger partial charge in [0.05, 0.1) is 18.1 Å². The van der Waals surface area contributed by atoms with Crippen LogP contribution in [0, 0.1) is 0 Å². The molecule has 1 aromatic heterocycles. The van der Waals surface area contributed by atoms with Gasteiger partial charge in [-0.05, 0) is 36.6 Å². The zero-order valence-electron chi connectivity index (χ0n) is 10.7. The van der Waals surface area contributed by atoms with Gasteiger partial charge in [-0.1, -0.05) is 18.2 Å². The van der Waals surface area contributed by atoms with E-state index in [0.717, 1.165) is 11.3 Å². The average Bonchev–Trinajstić information content (AvgIpc) is 2.75. The Bertz CT molecular complexity index is 746. The van der Waals surface area contributed by atoms with Crippen molar-refractivity contribution in [2.45, 2.75) is 24.3 Å². The molecule has 3 rings (SSSR count). The summed E-state index contributed by atoms with van der Waals surface area (Å²) >= 11 is 5.60. The third-order valence-corrected chi connectivity index (χ3v) is 5.37. The van der Waals surface area contributed by atoms with Crippen LogP contribution in [0.25, 0.3) is 0 Å². The Morgan fingerprint density at radius 2 is 1.90 bits per heavy atom. The molecular weight excluding hydrogens is 298 g/mol. The molecule has 1 aliphatic heterocycles. The maximum atomic E-state index is 12.7. The molecule has 20 heavy (non-hydrogen) atoms. The van der Waals surface area contributed by atoms with E-state index in [2.05, 4.69) is 9.97 Å². The number of halogens is 1. The number of sulfonamides is 1. The molecular formula is C13H12ClN3O2S. The molecule has 1 unspecified atom stereocenters. The van der Waals surface area contributed by atoms with E-state index in [4.69, 9.17) is 11.6 Å². The highest BCUT2D eigenvalue weighted by molar-refractivity contribution is 7.92. The number of aromatic nitrogens is 2. The molecule has 0 saturated carbocycles. The molecule has 104 valence electrons. The van der Waals surface area contributed by atoms with Crippen LogP contribution in [0.4, 0.5) is 5.69 Å². The van der Waals surface area contributed by atoms with Gasteiger partial charge in [0.2, 0.25) is 5.28 Å². The molecule has 0 fully saturated rings. The molecule has 0 N–H and O–H groups in total. The van der Waals surface area contributed by atoms with Crippen molar-refractivity contribution in [1.82, 2.24) is 9.97 Å². The van der Waals surface area contributed by atoms with Gasteiger partial charge in [-0.15, -0.1) is 0 Å². The molecule has 0 aliphatic carbocycles. The van der Waals surface area contributed by atoms with Crippen LogP contribution >= 0.6 is 11.6 Å². The van der Waals surface area contributed by atoms with E-state index < -0.39 is 10.0 Å². The van der Waals surface area contributed by atoms with Crippen LogP contribution < -0.4 is 4.31 Å². The Morgan fingerprint density at radius 3 is 2.60 bits per heavy atom. The van der Waals surface area contributed by atoms with Crippen LogP contribution in [0.2, 0.25) is 5.28 Å². The van der Waals surface area contributed by atoms with E-state index in [9.17, 15) is 8.42 Å². The number of rotatable bonds is 2. The van der Waals surface area contributed by atoms with Gasteiger partial charge in [0.1, 0.15) is 4.90 Å². The predicted octanol–water partition coefficient (Wildman–Crippen LogP) is 2.27. The van der Waals surface area contributed by atoms with E-state index in [1.807, 2.05) is 31.2 Å². The number of hydrogen-bond acceptors (Lipinski definition) is 4. The van der Waals surface area contributed by atoms with E-state index in [0.29, 0.717) is 6.42 Å². The SMILES string of the molecule is CC1Cc2ccccc2N1S(=O)(=O)c1cnc(Cl)nc1. The number of para-hydroxylation sites is 1. The second-order valence-electron chi connectivity index (χ2n) is 4.67. The minimum Gasteiger partial charge on any atom is -0.263 e. The van der Waals surface area contributed by atoms with Gasteiger partial charge in [-0.2, -0.15) is 0 Å². The molecule has 0 amide bonds. The summed E-state index contributed by atoms with van der Waals surface area (Å²) in [7, 11) is -3.67. The lowest BCUT2D eigenvalue weighted by atomic mass is 10.1. The first-order valence-electron chi connectivity index (χ1n) is 6.10. The number of benzene rings is 1.